The third kappa shape index (κ3) is 2.31. The van der Waals surface area contributed by atoms with E-state index < -0.39 is 0 Å². The molecule has 0 aromatic heterocycles. The molecule has 90 valence electrons. The van der Waals surface area contributed by atoms with Crippen molar-refractivity contribution in [2.45, 2.75) is 63.9 Å². The quantitative estimate of drug-likeness (QED) is 0.524. The molecule has 0 unspecified atom stereocenters. The Hall–Kier alpha value is -0.790. The number of rotatable bonds is 5. The summed E-state index contributed by atoms with van der Waals surface area (Å²) < 4.78 is 5.71. The molecule has 2 heteroatoms. The molecule has 2 aliphatic carbocycles. The zero-order valence-electron chi connectivity index (χ0n) is 10.3. The zero-order chi connectivity index (χ0) is 11.6. The van der Waals surface area contributed by atoms with Crippen molar-refractivity contribution in [3.8, 4) is 0 Å². The fourth-order valence-electron chi connectivity index (χ4n) is 3.04. The maximum absolute atomic E-state index is 11.9. The van der Waals surface area contributed by atoms with E-state index in [9.17, 15) is 4.79 Å². The summed E-state index contributed by atoms with van der Waals surface area (Å²) in [5.41, 5.74) is 0.559. The summed E-state index contributed by atoms with van der Waals surface area (Å²) in [4.78, 5) is 11.9. The molecule has 0 radical (unpaired) electrons. The third-order valence-corrected chi connectivity index (χ3v) is 4.11. The summed E-state index contributed by atoms with van der Waals surface area (Å²) in [7, 11) is 0. The van der Waals surface area contributed by atoms with Gasteiger partial charge in [-0.3, -0.25) is 0 Å². The molecule has 0 aliphatic heterocycles. The smallest absolute Gasteiger partial charge is 0.333 e. The van der Waals surface area contributed by atoms with Crippen LogP contribution < -0.4 is 0 Å². The van der Waals surface area contributed by atoms with Gasteiger partial charge in [0.05, 0.1) is 0 Å². The van der Waals surface area contributed by atoms with Gasteiger partial charge in [-0.1, -0.05) is 19.9 Å². The van der Waals surface area contributed by atoms with Crippen molar-refractivity contribution in [3.63, 3.8) is 0 Å². The molecule has 2 rings (SSSR count). The second kappa shape index (κ2) is 4.60. The summed E-state index contributed by atoms with van der Waals surface area (Å²) in [5.74, 6) is 0.674. The van der Waals surface area contributed by atoms with Crippen LogP contribution in [0.2, 0.25) is 0 Å². The van der Waals surface area contributed by atoms with Gasteiger partial charge >= 0.3 is 5.97 Å². The molecule has 0 heterocycles. The van der Waals surface area contributed by atoms with E-state index in [1.165, 1.54) is 12.8 Å². The molecule has 0 amide bonds. The highest BCUT2D eigenvalue weighted by Crippen LogP contribution is 2.50. The number of unbranched alkanes of at least 4 members (excludes halogenated alkanes) is 1. The van der Waals surface area contributed by atoms with Crippen molar-refractivity contribution >= 4 is 5.97 Å². The number of ether oxygens (including phenoxy) is 1. The van der Waals surface area contributed by atoms with Crippen LogP contribution >= 0.6 is 0 Å². The van der Waals surface area contributed by atoms with Gasteiger partial charge in [-0.2, -0.15) is 0 Å². The van der Waals surface area contributed by atoms with Crippen LogP contribution in [0.1, 0.15) is 58.3 Å². The highest BCUT2D eigenvalue weighted by Gasteiger charge is 2.47. The lowest BCUT2D eigenvalue weighted by Crippen LogP contribution is -2.30. The molecule has 0 saturated heterocycles. The third-order valence-electron chi connectivity index (χ3n) is 4.11. The van der Waals surface area contributed by atoms with Crippen LogP contribution in [-0.2, 0) is 9.53 Å². The lowest BCUT2D eigenvalue weighted by atomic mass is 9.97. The second-order valence-corrected chi connectivity index (χ2v) is 5.43. The Morgan fingerprint density at radius 2 is 2.12 bits per heavy atom. The first-order valence-electron chi connectivity index (χ1n) is 6.56. The minimum Gasteiger partial charge on any atom is -0.456 e. The number of hydrogen-bond acceptors (Lipinski definition) is 2. The topological polar surface area (TPSA) is 26.3 Å². The van der Waals surface area contributed by atoms with Crippen molar-refractivity contribution in [3.05, 3.63) is 12.2 Å². The van der Waals surface area contributed by atoms with Crippen molar-refractivity contribution < 1.29 is 9.53 Å². The van der Waals surface area contributed by atoms with Gasteiger partial charge in [0.1, 0.15) is 5.60 Å². The van der Waals surface area contributed by atoms with Crippen LogP contribution in [0.3, 0.4) is 0 Å². The van der Waals surface area contributed by atoms with Gasteiger partial charge in [-0.25, -0.2) is 4.79 Å². The van der Waals surface area contributed by atoms with E-state index >= 15 is 0 Å². The van der Waals surface area contributed by atoms with Crippen molar-refractivity contribution in [1.82, 2.24) is 0 Å². The average molecular weight is 222 g/mol. The Kier molecular flexibility index (Phi) is 3.36. The largest absolute Gasteiger partial charge is 0.456 e. The highest BCUT2D eigenvalue weighted by atomic mass is 16.6. The van der Waals surface area contributed by atoms with E-state index in [-0.39, 0.29) is 11.6 Å². The maximum atomic E-state index is 11.9. The van der Waals surface area contributed by atoms with E-state index in [4.69, 9.17) is 4.74 Å². The first-order chi connectivity index (χ1) is 7.65. The van der Waals surface area contributed by atoms with Crippen LogP contribution in [0.25, 0.3) is 0 Å². The number of carbonyl (C=O) groups excluding carboxylic acids is 1. The van der Waals surface area contributed by atoms with Gasteiger partial charge < -0.3 is 4.74 Å². The molecule has 0 aromatic rings. The molecule has 0 atom stereocenters. The number of fused-ring (bicyclic) bond motifs is 2. The van der Waals surface area contributed by atoms with Gasteiger partial charge in [0.15, 0.2) is 0 Å². The summed E-state index contributed by atoms with van der Waals surface area (Å²) in [6, 6.07) is 0. The molecular weight excluding hydrogens is 200 g/mol. The lowest BCUT2D eigenvalue weighted by molar-refractivity contribution is -0.154. The lowest BCUT2D eigenvalue weighted by Gasteiger charge is -2.27. The predicted molar refractivity (Wildman–Crippen MR) is 64.1 cm³/mol. The summed E-state index contributed by atoms with van der Waals surface area (Å²) in [6.45, 7) is 5.96. The van der Waals surface area contributed by atoms with E-state index in [0.717, 1.165) is 44.4 Å². The molecule has 16 heavy (non-hydrogen) atoms. The van der Waals surface area contributed by atoms with E-state index in [1.54, 1.807) is 0 Å². The molecule has 2 nitrogen and oxygen atoms in total. The first kappa shape index (κ1) is 11.7. The Labute approximate surface area is 98.1 Å². The summed E-state index contributed by atoms with van der Waals surface area (Å²) in [5, 5.41) is 0. The number of carbonyl (C=O) groups is 1. The van der Waals surface area contributed by atoms with Gasteiger partial charge in [0, 0.05) is 5.57 Å². The van der Waals surface area contributed by atoms with Crippen LogP contribution in [0, 0.1) is 5.92 Å². The maximum Gasteiger partial charge on any atom is 0.333 e. The minimum absolute atomic E-state index is 0.100. The zero-order valence-corrected chi connectivity index (χ0v) is 10.3. The number of hydrogen-bond donors (Lipinski definition) is 0. The molecule has 0 N–H and O–H groups in total. The first-order valence-corrected chi connectivity index (χ1v) is 6.56. The van der Waals surface area contributed by atoms with E-state index in [0.29, 0.717) is 5.57 Å². The summed E-state index contributed by atoms with van der Waals surface area (Å²) >= 11 is 0. The Balaban J connectivity index is 1.85. The molecule has 2 aliphatic rings. The van der Waals surface area contributed by atoms with Crippen LogP contribution in [0.4, 0.5) is 0 Å². The van der Waals surface area contributed by atoms with Gasteiger partial charge in [-0.05, 0) is 50.9 Å². The van der Waals surface area contributed by atoms with Crippen LogP contribution in [0.5, 0.6) is 0 Å². The highest BCUT2D eigenvalue weighted by molar-refractivity contribution is 5.88. The monoisotopic (exact) mass is 222 g/mol. The molecule has 2 fully saturated rings. The fourth-order valence-corrected chi connectivity index (χ4v) is 3.04. The van der Waals surface area contributed by atoms with E-state index in [2.05, 4.69) is 13.5 Å². The van der Waals surface area contributed by atoms with Gasteiger partial charge in [0.2, 0.25) is 0 Å². The molecule has 2 bridgehead atoms. The Morgan fingerprint density at radius 1 is 1.44 bits per heavy atom. The second-order valence-electron chi connectivity index (χ2n) is 5.43. The van der Waals surface area contributed by atoms with Crippen LogP contribution in [0.15, 0.2) is 12.2 Å². The Bertz CT molecular complexity index is 285. The SMILES string of the molecule is C=C(CCCC)C(=O)OC12CCC(CC1)C2. The van der Waals surface area contributed by atoms with E-state index in [1.807, 2.05) is 0 Å². The average Bonchev–Trinajstić information content (AvgIpc) is 2.85. The standard InChI is InChI=1S/C14H22O2/c1-3-4-5-11(2)13(15)16-14-8-6-12(10-14)7-9-14/h12H,2-10H2,1H3. The Morgan fingerprint density at radius 3 is 2.62 bits per heavy atom. The normalized spacial score (nSPS) is 31.7. The fraction of sp³-hybridized carbons (Fsp3) is 0.786. The van der Waals surface area contributed by atoms with Crippen LogP contribution in [-0.4, -0.2) is 11.6 Å². The summed E-state index contributed by atoms with van der Waals surface area (Å²) in [6.07, 6.45) is 8.65. The predicted octanol–water partition coefficient (Wildman–Crippen LogP) is 3.61. The van der Waals surface area contributed by atoms with Crippen molar-refractivity contribution in [1.29, 1.82) is 0 Å². The van der Waals surface area contributed by atoms with Crippen molar-refractivity contribution in [2.24, 2.45) is 5.92 Å². The minimum atomic E-state index is -0.143. The van der Waals surface area contributed by atoms with Gasteiger partial charge in [-0.15, -0.1) is 0 Å². The number of esters is 1. The van der Waals surface area contributed by atoms with Gasteiger partial charge in [0.25, 0.3) is 0 Å². The molecular formula is C14H22O2. The molecule has 0 spiro atoms. The molecule has 2 saturated carbocycles. The molecule has 0 aromatic carbocycles. The van der Waals surface area contributed by atoms with Crippen molar-refractivity contribution in [2.75, 3.05) is 0 Å².